The minimum atomic E-state index is -0.466. The third kappa shape index (κ3) is 7.51. The molecule has 0 bridgehead atoms. The topological polar surface area (TPSA) is 73.0 Å². The summed E-state index contributed by atoms with van der Waals surface area (Å²) in [5, 5.41) is 20.0. The quantitative estimate of drug-likeness (QED) is 0.180. The van der Waals surface area contributed by atoms with E-state index < -0.39 is 11.6 Å². The first-order chi connectivity index (χ1) is 30.0. The van der Waals surface area contributed by atoms with Crippen LogP contribution in [0.2, 0.25) is 0 Å². The predicted molar refractivity (Wildman–Crippen MR) is 246 cm³/mol. The van der Waals surface area contributed by atoms with E-state index >= 15 is 8.78 Å². The highest BCUT2D eigenvalue weighted by molar-refractivity contribution is 7.15. The molecule has 2 atom stereocenters. The lowest BCUT2D eigenvalue weighted by atomic mass is 9.57. The molecule has 6 aromatic rings. The maximum absolute atomic E-state index is 15.7. The molecule has 1 saturated carbocycles. The molecule has 4 aromatic carbocycles. The first kappa shape index (κ1) is 40.7. The van der Waals surface area contributed by atoms with Crippen LogP contribution in [0.25, 0.3) is 5.00 Å². The molecule has 8 nitrogen and oxygen atoms in total. The highest BCUT2D eigenvalue weighted by Crippen LogP contribution is 2.53. The lowest BCUT2D eigenvalue weighted by molar-refractivity contribution is 0.00322. The minimum Gasteiger partial charge on any atom is -0.508 e. The summed E-state index contributed by atoms with van der Waals surface area (Å²) in [5.41, 5.74) is 9.05. The maximum Gasteiger partial charge on any atom is 0.162 e. The second kappa shape index (κ2) is 16.4. The number of phenolic OH excluding ortho intramolecular Hbond substituents is 1. The molecule has 11 rings (SSSR count). The average molecular weight is 852 g/mol. The summed E-state index contributed by atoms with van der Waals surface area (Å²) in [6.45, 7) is 15.2. The number of aromatic hydroxyl groups is 1. The van der Waals surface area contributed by atoms with Crippen molar-refractivity contribution in [1.82, 2.24) is 19.7 Å². The Hall–Kier alpha value is -5.39. The summed E-state index contributed by atoms with van der Waals surface area (Å²) >= 11 is 1.79. The number of anilines is 2. The third-order valence-electron chi connectivity index (χ3n) is 14.1. The number of rotatable bonds is 6. The van der Waals surface area contributed by atoms with Gasteiger partial charge in [-0.2, -0.15) is 0 Å². The molecule has 0 amide bonds. The van der Waals surface area contributed by atoms with Gasteiger partial charge in [-0.1, -0.05) is 54.6 Å². The summed E-state index contributed by atoms with van der Waals surface area (Å²) in [4.78, 5) is 13.7. The number of halogens is 2. The highest BCUT2D eigenvalue weighted by atomic mass is 32.1. The van der Waals surface area contributed by atoms with Gasteiger partial charge < -0.3 is 14.9 Å². The second-order valence-electron chi connectivity index (χ2n) is 18.3. The Bertz CT molecular complexity index is 2570. The van der Waals surface area contributed by atoms with E-state index in [4.69, 9.17) is 4.99 Å². The van der Waals surface area contributed by atoms with Crippen molar-refractivity contribution in [2.24, 2.45) is 16.3 Å². The smallest absolute Gasteiger partial charge is 0.162 e. The van der Waals surface area contributed by atoms with Crippen LogP contribution in [0.4, 0.5) is 20.2 Å². The van der Waals surface area contributed by atoms with Crippen LogP contribution in [-0.2, 0) is 6.42 Å². The van der Waals surface area contributed by atoms with Crippen molar-refractivity contribution in [2.75, 3.05) is 55.6 Å². The first-order valence-corrected chi connectivity index (χ1v) is 23.1. The Morgan fingerprint density at radius 3 is 2.16 bits per heavy atom. The molecule has 3 fully saturated rings. The van der Waals surface area contributed by atoms with Gasteiger partial charge in [0.1, 0.15) is 34.3 Å². The lowest BCUT2D eigenvalue weighted by Gasteiger charge is -2.60. The number of piperazine rings is 1. The number of aryl methyl sites for hydroxylation is 3. The highest BCUT2D eigenvalue weighted by Gasteiger charge is 2.52. The van der Waals surface area contributed by atoms with Crippen molar-refractivity contribution in [3.05, 3.63) is 153 Å². The van der Waals surface area contributed by atoms with Crippen molar-refractivity contribution in [3.8, 4) is 10.8 Å². The summed E-state index contributed by atoms with van der Waals surface area (Å²) in [6.07, 6.45) is 4.90. The fourth-order valence-corrected chi connectivity index (χ4v) is 12.1. The van der Waals surface area contributed by atoms with E-state index in [1.54, 1.807) is 23.5 Å². The molecule has 5 aliphatic rings. The summed E-state index contributed by atoms with van der Waals surface area (Å²) < 4.78 is 33.5. The zero-order chi connectivity index (χ0) is 42.7. The van der Waals surface area contributed by atoms with Gasteiger partial charge in [0.2, 0.25) is 0 Å². The van der Waals surface area contributed by atoms with E-state index in [-0.39, 0.29) is 23.3 Å². The fourth-order valence-electron chi connectivity index (χ4n) is 10.9. The minimum absolute atomic E-state index is 0.0913. The molecular formula is C51H55F2N7OS. The van der Waals surface area contributed by atoms with Crippen LogP contribution in [0.3, 0.4) is 0 Å². The monoisotopic (exact) mass is 851 g/mol. The van der Waals surface area contributed by atoms with Gasteiger partial charge in [0.15, 0.2) is 5.82 Å². The Morgan fingerprint density at radius 2 is 1.48 bits per heavy atom. The Morgan fingerprint density at radius 1 is 0.806 bits per heavy atom. The van der Waals surface area contributed by atoms with Crippen molar-refractivity contribution < 1.29 is 13.9 Å². The number of thiophene rings is 1. The zero-order valence-corrected chi connectivity index (χ0v) is 36.9. The van der Waals surface area contributed by atoms with Crippen LogP contribution in [-0.4, -0.2) is 76.3 Å². The molecular weight excluding hydrogens is 797 g/mol. The summed E-state index contributed by atoms with van der Waals surface area (Å²) in [5.74, 6) is 1.44. The number of benzene rings is 4. The largest absolute Gasteiger partial charge is 0.508 e. The van der Waals surface area contributed by atoms with E-state index in [2.05, 4.69) is 74.5 Å². The Kier molecular flexibility index (Phi) is 10.7. The van der Waals surface area contributed by atoms with Crippen LogP contribution in [0.1, 0.15) is 94.5 Å². The molecule has 1 N–H and O–H groups in total. The Balaban J connectivity index is 0.000000706. The molecule has 2 saturated heterocycles. The number of hydrogen-bond donors (Lipinski definition) is 1. The SMILES string of the molecule is Cc1sc2c(c1C)C(c1ccc(N3CC4(CC(CN5CCN(c6cc(F)c([C@@H]7CCCc8cc(O)ccc87)c(F)c6)CC5)C4)C3)cc1)=N[C@@H](C)c1nnc(C)n1-2.c1ccccc1. The van der Waals surface area contributed by atoms with E-state index in [0.717, 1.165) is 97.7 Å². The molecule has 0 unspecified atom stereocenters. The van der Waals surface area contributed by atoms with Crippen molar-refractivity contribution in [1.29, 1.82) is 0 Å². The van der Waals surface area contributed by atoms with E-state index in [0.29, 0.717) is 23.4 Å². The average Bonchev–Trinajstić information content (AvgIpc) is 3.74. The van der Waals surface area contributed by atoms with E-state index in [1.165, 1.54) is 46.7 Å². The molecule has 5 heterocycles. The van der Waals surface area contributed by atoms with Crippen LogP contribution >= 0.6 is 11.3 Å². The van der Waals surface area contributed by atoms with Crippen molar-refractivity contribution >= 4 is 28.4 Å². The Labute approximate surface area is 367 Å². The van der Waals surface area contributed by atoms with Crippen LogP contribution in [0.5, 0.6) is 5.75 Å². The number of hydrogen-bond acceptors (Lipinski definition) is 8. The van der Waals surface area contributed by atoms with Gasteiger partial charge in [-0.15, -0.1) is 21.5 Å². The summed E-state index contributed by atoms with van der Waals surface area (Å²) in [7, 11) is 0. The molecule has 62 heavy (non-hydrogen) atoms. The van der Waals surface area contributed by atoms with Crippen LogP contribution < -0.4 is 9.80 Å². The number of fused-ring (bicyclic) bond motifs is 4. The third-order valence-corrected chi connectivity index (χ3v) is 15.3. The van der Waals surface area contributed by atoms with Crippen molar-refractivity contribution in [2.45, 2.75) is 71.8 Å². The molecule has 11 heteroatoms. The lowest BCUT2D eigenvalue weighted by Crippen LogP contribution is -2.64. The fraction of sp³-hybridized carbons (Fsp3) is 0.392. The van der Waals surface area contributed by atoms with E-state index in [1.807, 2.05) is 49.4 Å². The van der Waals surface area contributed by atoms with Crippen LogP contribution in [0.15, 0.2) is 96.0 Å². The molecule has 2 aliphatic carbocycles. The van der Waals surface area contributed by atoms with Gasteiger partial charge in [0.25, 0.3) is 0 Å². The van der Waals surface area contributed by atoms with Crippen LogP contribution in [0, 0.1) is 43.7 Å². The number of aromatic nitrogens is 3. The maximum atomic E-state index is 15.7. The van der Waals surface area contributed by atoms with Gasteiger partial charge in [0, 0.05) is 90.1 Å². The zero-order valence-electron chi connectivity index (χ0n) is 36.1. The number of nitrogens with zero attached hydrogens (tertiary/aromatic N) is 7. The normalized spacial score (nSPS) is 20.5. The van der Waals surface area contributed by atoms with Gasteiger partial charge in [-0.05, 0) is 119 Å². The number of phenols is 1. The molecule has 0 radical (unpaired) electrons. The van der Waals surface area contributed by atoms with E-state index in [9.17, 15) is 5.11 Å². The molecule has 320 valence electrons. The van der Waals surface area contributed by atoms with Crippen molar-refractivity contribution in [3.63, 3.8) is 0 Å². The summed E-state index contributed by atoms with van der Waals surface area (Å²) in [6, 6.07) is 29.2. The molecule has 3 aliphatic heterocycles. The molecule has 1 spiro atoms. The number of aliphatic imine (C=N–C) groups is 1. The van der Waals surface area contributed by atoms with Gasteiger partial charge in [-0.25, -0.2) is 8.78 Å². The van der Waals surface area contributed by atoms with Gasteiger partial charge >= 0.3 is 0 Å². The molecule has 2 aromatic heterocycles. The van der Waals surface area contributed by atoms with Gasteiger partial charge in [-0.3, -0.25) is 14.5 Å². The standard InChI is InChI=1S/C45H49F2N7OS.C6H6/c1-26-28(3)56-44-40(26)42(48-27(2)43-50-49-29(4)54(43)44)31-8-10-33(11-9-31)53-24-45(25-53)21-30(22-45)23-51-14-16-52(17-15-51)34-19-38(46)41(39(47)20-34)37-7-5-6-32-18-35(55)12-13-36(32)37;1-2-4-6-5-3-1/h8-13,18-20,27,30,37,55H,5-7,14-17,21-25H2,1-4H3;1-6H/t27-,37+;/m0./s1. The van der Waals surface area contributed by atoms with Gasteiger partial charge in [0.05, 0.1) is 5.71 Å². The predicted octanol–water partition coefficient (Wildman–Crippen LogP) is 10.3. The first-order valence-electron chi connectivity index (χ1n) is 22.3. The second-order valence-corrected chi connectivity index (χ2v) is 19.5.